The van der Waals surface area contributed by atoms with Crippen LogP contribution in [-0.4, -0.2) is 42.0 Å². The molecule has 1 aliphatic heterocycles. The fourth-order valence-corrected chi connectivity index (χ4v) is 3.37. The number of fused-ring (bicyclic) bond motifs is 1. The van der Waals surface area contributed by atoms with Gasteiger partial charge in [0.2, 0.25) is 5.91 Å². The van der Waals surface area contributed by atoms with E-state index >= 15 is 0 Å². The highest BCUT2D eigenvalue weighted by atomic mass is 19.1. The molecule has 0 atom stereocenters. The van der Waals surface area contributed by atoms with Crippen LogP contribution < -0.4 is 4.90 Å². The molecule has 25 heavy (non-hydrogen) atoms. The maximum atomic E-state index is 13.0. The van der Waals surface area contributed by atoms with Gasteiger partial charge in [-0.25, -0.2) is 4.39 Å². The molecular weight excluding hydrogens is 317 g/mol. The van der Waals surface area contributed by atoms with E-state index in [1.165, 1.54) is 12.1 Å². The Morgan fingerprint density at radius 1 is 1.00 bits per heavy atom. The normalized spacial score (nSPS) is 14.9. The molecule has 1 N–H and O–H groups in total. The number of hydrogen-bond donors (Lipinski definition) is 1. The number of anilines is 1. The van der Waals surface area contributed by atoms with E-state index in [2.05, 4.69) is 9.88 Å². The highest BCUT2D eigenvalue weighted by Gasteiger charge is 2.21. The van der Waals surface area contributed by atoms with E-state index in [1.807, 2.05) is 35.2 Å². The second kappa shape index (κ2) is 6.59. The zero-order chi connectivity index (χ0) is 17.2. The molecule has 1 aromatic heterocycles. The predicted molar refractivity (Wildman–Crippen MR) is 97.2 cm³/mol. The number of carbonyl (C=O) groups excluding carboxylic acids is 1. The minimum Gasteiger partial charge on any atom is -0.368 e. The number of hydrogen-bond acceptors (Lipinski definition) is 2. The Hall–Kier alpha value is -2.82. The number of amides is 1. The lowest BCUT2D eigenvalue weighted by Crippen LogP contribution is -2.49. The summed E-state index contributed by atoms with van der Waals surface area (Å²) in [5.41, 5.74) is 3.02. The van der Waals surface area contributed by atoms with Crippen molar-refractivity contribution in [3.05, 3.63) is 66.1 Å². The van der Waals surface area contributed by atoms with Gasteiger partial charge in [-0.05, 0) is 41.8 Å². The quantitative estimate of drug-likeness (QED) is 0.797. The van der Waals surface area contributed by atoms with Crippen molar-refractivity contribution in [2.45, 2.75) is 6.42 Å². The number of piperazine rings is 1. The van der Waals surface area contributed by atoms with Crippen LogP contribution in [0.4, 0.5) is 10.1 Å². The average molecular weight is 337 g/mol. The molecule has 0 saturated carbocycles. The monoisotopic (exact) mass is 337 g/mol. The summed E-state index contributed by atoms with van der Waals surface area (Å²) in [7, 11) is 0. The first kappa shape index (κ1) is 15.7. The molecule has 3 aromatic rings. The SMILES string of the molecule is O=C(Cc1cc2ccccc2[nH]1)N1CCN(c2ccc(F)cc2)CC1. The Morgan fingerprint density at radius 3 is 2.44 bits per heavy atom. The van der Waals surface area contributed by atoms with Gasteiger partial charge in [0, 0.05) is 43.1 Å². The van der Waals surface area contributed by atoms with Crippen LogP contribution in [0.15, 0.2) is 54.6 Å². The molecule has 4 nitrogen and oxygen atoms in total. The summed E-state index contributed by atoms with van der Waals surface area (Å²) in [6, 6.07) is 16.6. The summed E-state index contributed by atoms with van der Waals surface area (Å²) in [6.07, 6.45) is 0.394. The summed E-state index contributed by atoms with van der Waals surface area (Å²) in [5, 5.41) is 1.13. The van der Waals surface area contributed by atoms with E-state index in [0.717, 1.165) is 35.4 Å². The first-order valence-corrected chi connectivity index (χ1v) is 8.54. The zero-order valence-electron chi connectivity index (χ0n) is 13.9. The third-order valence-electron chi connectivity index (χ3n) is 4.75. The molecule has 1 fully saturated rings. The van der Waals surface area contributed by atoms with Crippen molar-refractivity contribution in [3.63, 3.8) is 0 Å². The second-order valence-electron chi connectivity index (χ2n) is 6.40. The first-order valence-electron chi connectivity index (χ1n) is 8.54. The molecule has 0 spiro atoms. The summed E-state index contributed by atoms with van der Waals surface area (Å²) in [4.78, 5) is 20.0. The number of aromatic nitrogens is 1. The number of rotatable bonds is 3. The molecule has 2 heterocycles. The summed E-state index contributed by atoms with van der Waals surface area (Å²) < 4.78 is 13.0. The Balaban J connectivity index is 1.37. The van der Waals surface area contributed by atoms with Gasteiger partial charge in [0.15, 0.2) is 0 Å². The van der Waals surface area contributed by atoms with Crippen LogP contribution >= 0.6 is 0 Å². The molecule has 0 unspecified atom stereocenters. The van der Waals surface area contributed by atoms with Crippen LogP contribution in [0, 0.1) is 5.82 Å². The number of halogens is 1. The summed E-state index contributed by atoms with van der Waals surface area (Å²) >= 11 is 0. The van der Waals surface area contributed by atoms with Crippen molar-refractivity contribution >= 4 is 22.5 Å². The van der Waals surface area contributed by atoms with Crippen LogP contribution in [-0.2, 0) is 11.2 Å². The molecule has 1 saturated heterocycles. The van der Waals surface area contributed by atoms with Gasteiger partial charge in [-0.1, -0.05) is 18.2 Å². The van der Waals surface area contributed by atoms with Gasteiger partial charge in [-0.3, -0.25) is 4.79 Å². The fraction of sp³-hybridized carbons (Fsp3) is 0.250. The molecule has 0 radical (unpaired) electrons. The third-order valence-corrected chi connectivity index (χ3v) is 4.75. The number of nitrogens with zero attached hydrogens (tertiary/aromatic N) is 2. The van der Waals surface area contributed by atoms with Crippen LogP contribution in [0.1, 0.15) is 5.69 Å². The topological polar surface area (TPSA) is 39.3 Å². The number of para-hydroxylation sites is 1. The van der Waals surface area contributed by atoms with Crippen molar-refractivity contribution in [1.29, 1.82) is 0 Å². The van der Waals surface area contributed by atoms with E-state index in [9.17, 15) is 9.18 Å². The fourth-order valence-electron chi connectivity index (χ4n) is 3.37. The Kier molecular flexibility index (Phi) is 4.14. The van der Waals surface area contributed by atoms with E-state index < -0.39 is 0 Å². The van der Waals surface area contributed by atoms with Gasteiger partial charge < -0.3 is 14.8 Å². The molecule has 0 aliphatic carbocycles. The summed E-state index contributed by atoms with van der Waals surface area (Å²) in [6.45, 7) is 2.92. The largest absolute Gasteiger partial charge is 0.368 e. The Bertz CT molecular complexity index is 846. The van der Waals surface area contributed by atoms with Crippen LogP contribution in [0.25, 0.3) is 10.9 Å². The standard InChI is InChI=1S/C20H20FN3O/c21-16-5-7-18(8-6-16)23-9-11-24(12-10-23)20(25)14-17-13-15-3-1-2-4-19(15)22-17/h1-8,13,22H,9-12,14H2. The molecular formula is C20H20FN3O. The Morgan fingerprint density at radius 2 is 1.72 bits per heavy atom. The Labute approximate surface area is 145 Å². The van der Waals surface area contributed by atoms with Crippen molar-refractivity contribution in [1.82, 2.24) is 9.88 Å². The van der Waals surface area contributed by atoms with Crippen LogP contribution in [0.2, 0.25) is 0 Å². The lowest BCUT2D eigenvalue weighted by molar-refractivity contribution is -0.130. The molecule has 4 rings (SSSR count). The second-order valence-corrected chi connectivity index (χ2v) is 6.40. The molecule has 1 aliphatic rings. The minimum atomic E-state index is -0.226. The lowest BCUT2D eigenvalue weighted by Gasteiger charge is -2.36. The van der Waals surface area contributed by atoms with Crippen LogP contribution in [0.5, 0.6) is 0 Å². The lowest BCUT2D eigenvalue weighted by atomic mass is 10.2. The third kappa shape index (κ3) is 3.36. The minimum absolute atomic E-state index is 0.144. The number of nitrogens with one attached hydrogen (secondary N) is 1. The van der Waals surface area contributed by atoms with Gasteiger partial charge in [-0.15, -0.1) is 0 Å². The molecule has 0 bridgehead atoms. The van der Waals surface area contributed by atoms with Gasteiger partial charge in [0.1, 0.15) is 5.82 Å². The highest BCUT2D eigenvalue weighted by Crippen LogP contribution is 2.18. The predicted octanol–water partition coefficient (Wildman–Crippen LogP) is 3.20. The zero-order valence-corrected chi connectivity index (χ0v) is 13.9. The average Bonchev–Trinajstić information content (AvgIpc) is 3.05. The first-order chi connectivity index (χ1) is 12.2. The number of benzene rings is 2. The van der Waals surface area contributed by atoms with E-state index in [-0.39, 0.29) is 11.7 Å². The van der Waals surface area contributed by atoms with E-state index in [1.54, 1.807) is 12.1 Å². The van der Waals surface area contributed by atoms with Crippen molar-refractivity contribution in [2.75, 3.05) is 31.1 Å². The molecule has 2 aromatic carbocycles. The highest BCUT2D eigenvalue weighted by molar-refractivity contribution is 5.84. The van der Waals surface area contributed by atoms with Gasteiger partial charge >= 0.3 is 0 Å². The molecule has 5 heteroatoms. The molecule has 128 valence electrons. The number of H-pyrrole nitrogens is 1. The number of aromatic amines is 1. The van der Waals surface area contributed by atoms with E-state index in [0.29, 0.717) is 19.5 Å². The van der Waals surface area contributed by atoms with Gasteiger partial charge in [0.05, 0.1) is 6.42 Å². The van der Waals surface area contributed by atoms with Crippen molar-refractivity contribution in [3.8, 4) is 0 Å². The maximum Gasteiger partial charge on any atom is 0.228 e. The van der Waals surface area contributed by atoms with E-state index in [4.69, 9.17) is 0 Å². The van der Waals surface area contributed by atoms with Gasteiger partial charge in [0.25, 0.3) is 0 Å². The van der Waals surface area contributed by atoms with Crippen molar-refractivity contribution in [2.24, 2.45) is 0 Å². The number of carbonyl (C=O) groups is 1. The van der Waals surface area contributed by atoms with Crippen LogP contribution in [0.3, 0.4) is 0 Å². The maximum absolute atomic E-state index is 13.0. The molecule has 1 amide bonds. The van der Waals surface area contributed by atoms with Gasteiger partial charge in [-0.2, -0.15) is 0 Å². The smallest absolute Gasteiger partial charge is 0.228 e. The van der Waals surface area contributed by atoms with Crippen molar-refractivity contribution < 1.29 is 9.18 Å². The summed E-state index contributed by atoms with van der Waals surface area (Å²) in [5.74, 6) is -0.0822.